The van der Waals surface area contributed by atoms with Crippen molar-refractivity contribution < 1.29 is 19.4 Å². The van der Waals surface area contributed by atoms with Crippen molar-refractivity contribution in [1.29, 1.82) is 0 Å². The molecule has 1 aromatic carbocycles. The van der Waals surface area contributed by atoms with Crippen molar-refractivity contribution in [2.75, 3.05) is 19.7 Å². The smallest absolute Gasteiger partial charge is 0.317 e. The molecule has 1 aromatic rings. The summed E-state index contributed by atoms with van der Waals surface area (Å²) in [6.07, 6.45) is 2.06. The van der Waals surface area contributed by atoms with Gasteiger partial charge in [0, 0.05) is 12.6 Å². The Kier molecular flexibility index (Phi) is 3.29. The van der Waals surface area contributed by atoms with Gasteiger partial charge in [0.25, 0.3) is 0 Å². The molecule has 5 nitrogen and oxygen atoms in total. The van der Waals surface area contributed by atoms with Crippen molar-refractivity contribution in [3.8, 4) is 11.5 Å². The quantitative estimate of drug-likeness (QED) is 0.869. The monoisotopic (exact) mass is 263 g/mol. The Morgan fingerprint density at radius 1 is 1.32 bits per heavy atom. The second-order valence-electron chi connectivity index (χ2n) is 5.05. The number of nitrogens with zero attached hydrogens (tertiary/aromatic N) is 1. The van der Waals surface area contributed by atoms with Crippen LogP contribution in [0.15, 0.2) is 24.3 Å². The molecule has 0 unspecified atom stereocenters. The third-order valence-corrected chi connectivity index (χ3v) is 3.41. The van der Waals surface area contributed by atoms with E-state index in [-0.39, 0.29) is 12.6 Å². The molecular weight excluding hydrogens is 246 g/mol. The van der Waals surface area contributed by atoms with Gasteiger partial charge >= 0.3 is 5.97 Å². The summed E-state index contributed by atoms with van der Waals surface area (Å²) in [5, 5.41) is 8.93. The zero-order chi connectivity index (χ0) is 13.2. The van der Waals surface area contributed by atoms with E-state index < -0.39 is 5.97 Å². The fraction of sp³-hybridized carbons (Fsp3) is 0.500. The maximum Gasteiger partial charge on any atom is 0.317 e. The molecule has 1 N–H and O–H groups in total. The lowest BCUT2D eigenvalue weighted by Crippen LogP contribution is -2.43. The predicted molar refractivity (Wildman–Crippen MR) is 68.6 cm³/mol. The summed E-state index contributed by atoms with van der Waals surface area (Å²) in [6.45, 7) is 1.15. The van der Waals surface area contributed by atoms with E-state index in [1.165, 1.54) is 0 Å². The Balaban J connectivity index is 1.62. The molecule has 102 valence electrons. The number of benzene rings is 1. The number of rotatable bonds is 5. The third-order valence-electron chi connectivity index (χ3n) is 3.41. The first-order chi connectivity index (χ1) is 9.22. The normalized spacial score (nSPS) is 21.4. The van der Waals surface area contributed by atoms with E-state index in [2.05, 4.69) is 0 Å². The number of aliphatic carboxylic acids is 1. The van der Waals surface area contributed by atoms with Gasteiger partial charge in [0.15, 0.2) is 11.5 Å². The van der Waals surface area contributed by atoms with Gasteiger partial charge in [-0.3, -0.25) is 9.69 Å². The fourth-order valence-electron chi connectivity index (χ4n) is 2.37. The molecule has 19 heavy (non-hydrogen) atoms. The maximum absolute atomic E-state index is 10.9. The van der Waals surface area contributed by atoms with Gasteiger partial charge in [-0.2, -0.15) is 0 Å². The Labute approximate surface area is 111 Å². The summed E-state index contributed by atoms with van der Waals surface area (Å²) < 4.78 is 11.5. The molecule has 1 atom stereocenters. The van der Waals surface area contributed by atoms with Crippen LogP contribution in [0.4, 0.5) is 0 Å². The largest absolute Gasteiger partial charge is 0.486 e. The molecule has 3 rings (SSSR count). The van der Waals surface area contributed by atoms with Crippen LogP contribution in [0.1, 0.15) is 12.8 Å². The minimum Gasteiger partial charge on any atom is -0.486 e. The first kappa shape index (κ1) is 12.3. The lowest BCUT2D eigenvalue weighted by atomic mass is 10.2. The van der Waals surface area contributed by atoms with E-state index >= 15 is 0 Å². The average Bonchev–Trinajstić information content (AvgIpc) is 3.21. The molecule has 1 heterocycles. The highest BCUT2D eigenvalue weighted by Crippen LogP contribution is 2.32. The lowest BCUT2D eigenvalue weighted by Gasteiger charge is -2.30. The highest BCUT2D eigenvalue weighted by Gasteiger charge is 2.33. The molecule has 2 aliphatic rings. The van der Waals surface area contributed by atoms with Gasteiger partial charge in [0.05, 0.1) is 6.54 Å². The predicted octanol–water partition coefficient (Wildman–Crippen LogP) is 1.38. The van der Waals surface area contributed by atoms with Crippen LogP contribution in [-0.4, -0.2) is 47.8 Å². The van der Waals surface area contributed by atoms with Gasteiger partial charge in [0.1, 0.15) is 12.7 Å². The summed E-state index contributed by atoms with van der Waals surface area (Å²) in [5.41, 5.74) is 0. The first-order valence-corrected chi connectivity index (χ1v) is 6.56. The SMILES string of the molecule is O=C(O)CN(C[C@@H]1COc2ccccc2O1)C1CC1. The summed E-state index contributed by atoms with van der Waals surface area (Å²) in [6, 6.07) is 7.96. The molecule has 1 fully saturated rings. The van der Waals surface area contributed by atoms with Gasteiger partial charge in [-0.1, -0.05) is 12.1 Å². The highest BCUT2D eigenvalue weighted by molar-refractivity contribution is 5.69. The number of hydrogen-bond acceptors (Lipinski definition) is 4. The maximum atomic E-state index is 10.9. The van der Waals surface area contributed by atoms with Crippen LogP contribution in [0.5, 0.6) is 11.5 Å². The van der Waals surface area contributed by atoms with E-state index in [0.717, 1.165) is 24.3 Å². The Morgan fingerprint density at radius 2 is 2.05 bits per heavy atom. The van der Waals surface area contributed by atoms with Crippen molar-refractivity contribution in [3.05, 3.63) is 24.3 Å². The molecule has 1 aliphatic carbocycles. The lowest BCUT2D eigenvalue weighted by molar-refractivity contribution is -0.138. The molecule has 5 heteroatoms. The number of carbonyl (C=O) groups is 1. The summed E-state index contributed by atoms with van der Waals surface area (Å²) in [7, 11) is 0. The van der Waals surface area contributed by atoms with Crippen LogP contribution in [-0.2, 0) is 4.79 Å². The molecule has 0 amide bonds. The fourth-order valence-corrected chi connectivity index (χ4v) is 2.37. The minimum absolute atomic E-state index is 0.0756. The molecule has 0 spiro atoms. The van der Waals surface area contributed by atoms with E-state index in [0.29, 0.717) is 19.2 Å². The molecule has 1 aliphatic heterocycles. The van der Waals surface area contributed by atoms with Crippen LogP contribution >= 0.6 is 0 Å². The summed E-state index contributed by atoms with van der Waals surface area (Å²) in [5.74, 6) is 0.712. The van der Waals surface area contributed by atoms with Gasteiger partial charge < -0.3 is 14.6 Å². The molecule has 0 aromatic heterocycles. The van der Waals surface area contributed by atoms with Crippen LogP contribution < -0.4 is 9.47 Å². The second kappa shape index (κ2) is 5.09. The number of fused-ring (bicyclic) bond motifs is 1. The number of hydrogen-bond donors (Lipinski definition) is 1. The minimum atomic E-state index is -0.788. The van der Waals surface area contributed by atoms with Crippen molar-refractivity contribution in [2.45, 2.75) is 25.0 Å². The Bertz CT molecular complexity index is 472. The molecule has 0 bridgehead atoms. The van der Waals surface area contributed by atoms with Crippen LogP contribution in [0.3, 0.4) is 0 Å². The van der Waals surface area contributed by atoms with Crippen LogP contribution in [0, 0.1) is 0 Å². The standard InChI is InChI=1S/C14H17NO4/c16-14(17)8-15(10-5-6-10)7-11-9-18-12-3-1-2-4-13(12)19-11/h1-4,10-11H,5-9H2,(H,16,17)/t11-/m1/s1. The Hall–Kier alpha value is -1.75. The van der Waals surface area contributed by atoms with E-state index in [1.807, 2.05) is 29.2 Å². The number of ether oxygens (including phenoxy) is 2. The molecular formula is C14H17NO4. The van der Waals surface area contributed by atoms with Crippen molar-refractivity contribution >= 4 is 5.97 Å². The zero-order valence-corrected chi connectivity index (χ0v) is 10.6. The highest BCUT2D eigenvalue weighted by atomic mass is 16.6. The number of para-hydroxylation sites is 2. The van der Waals surface area contributed by atoms with E-state index in [4.69, 9.17) is 14.6 Å². The van der Waals surface area contributed by atoms with Crippen molar-refractivity contribution in [3.63, 3.8) is 0 Å². The second-order valence-corrected chi connectivity index (χ2v) is 5.05. The van der Waals surface area contributed by atoms with Gasteiger partial charge in [-0.15, -0.1) is 0 Å². The van der Waals surface area contributed by atoms with Crippen LogP contribution in [0.2, 0.25) is 0 Å². The molecule has 0 radical (unpaired) electrons. The molecule has 0 saturated heterocycles. The van der Waals surface area contributed by atoms with Crippen molar-refractivity contribution in [1.82, 2.24) is 4.90 Å². The summed E-state index contributed by atoms with van der Waals surface area (Å²) in [4.78, 5) is 12.8. The average molecular weight is 263 g/mol. The Morgan fingerprint density at radius 3 is 2.74 bits per heavy atom. The molecule has 1 saturated carbocycles. The zero-order valence-electron chi connectivity index (χ0n) is 10.6. The van der Waals surface area contributed by atoms with Gasteiger partial charge in [-0.05, 0) is 25.0 Å². The van der Waals surface area contributed by atoms with Gasteiger partial charge in [0.2, 0.25) is 0 Å². The summed E-state index contributed by atoms with van der Waals surface area (Å²) >= 11 is 0. The van der Waals surface area contributed by atoms with E-state index in [1.54, 1.807) is 0 Å². The van der Waals surface area contributed by atoms with Crippen molar-refractivity contribution in [2.24, 2.45) is 0 Å². The van der Waals surface area contributed by atoms with Gasteiger partial charge in [-0.25, -0.2) is 0 Å². The third kappa shape index (κ3) is 2.98. The number of carboxylic acid groups (broad SMARTS) is 1. The van der Waals surface area contributed by atoms with E-state index in [9.17, 15) is 4.79 Å². The van der Waals surface area contributed by atoms with Crippen LogP contribution in [0.25, 0.3) is 0 Å². The number of carboxylic acids is 1. The first-order valence-electron chi connectivity index (χ1n) is 6.56. The topological polar surface area (TPSA) is 59.0 Å².